The fraction of sp³-hybridized carbons (Fsp3) is 0.865. The normalized spacial score (nSPS) is 49.2. The molecule has 43 heavy (non-hydrogen) atoms. The fourth-order valence-electron chi connectivity index (χ4n) is 13.3. The van der Waals surface area contributed by atoms with E-state index in [1.807, 2.05) is 13.8 Å². The van der Waals surface area contributed by atoms with Crippen LogP contribution in [0, 0.1) is 74.4 Å². The van der Waals surface area contributed by atoms with Crippen LogP contribution in [0.15, 0.2) is 12.2 Å². The number of fused-ring (bicyclic) bond motifs is 7. The summed E-state index contributed by atoms with van der Waals surface area (Å²) >= 11 is 0. The van der Waals surface area contributed by atoms with Gasteiger partial charge in [0, 0.05) is 5.41 Å². The highest BCUT2D eigenvalue weighted by Crippen LogP contribution is 2.74. The van der Waals surface area contributed by atoms with Crippen LogP contribution in [0.25, 0.3) is 0 Å². The number of carboxylic acid groups (broad SMARTS) is 2. The molecule has 0 bridgehead atoms. The van der Waals surface area contributed by atoms with E-state index >= 15 is 0 Å². The van der Waals surface area contributed by atoms with Crippen LogP contribution in [0.4, 0.5) is 0 Å². The van der Waals surface area contributed by atoms with E-state index in [0.717, 1.165) is 64.2 Å². The Bertz CT molecular complexity index is 1220. The molecule has 0 radical (unpaired) electrons. The second-order valence-corrected chi connectivity index (χ2v) is 17.8. The number of rotatable bonds is 5. The minimum atomic E-state index is -0.822. The molecule has 7 unspecified atom stereocenters. The van der Waals surface area contributed by atoms with E-state index in [2.05, 4.69) is 41.2 Å². The summed E-state index contributed by atoms with van der Waals surface area (Å²) in [6, 6.07) is 0. The lowest BCUT2D eigenvalue weighted by atomic mass is 9.36. The first-order chi connectivity index (χ1) is 19.9. The molecule has 6 saturated carbocycles. The Balaban J connectivity index is 1.22. The highest BCUT2D eigenvalue weighted by atomic mass is 16.5. The smallest absolute Gasteiger partial charge is 0.309 e. The van der Waals surface area contributed by atoms with Gasteiger partial charge in [0.25, 0.3) is 0 Å². The summed E-state index contributed by atoms with van der Waals surface area (Å²) in [7, 11) is 0. The van der Waals surface area contributed by atoms with Gasteiger partial charge >= 0.3 is 17.9 Å². The lowest BCUT2D eigenvalue weighted by Crippen LogP contribution is -2.64. The Labute approximate surface area is 258 Å². The van der Waals surface area contributed by atoms with Crippen molar-refractivity contribution in [2.75, 3.05) is 0 Å². The third-order valence-corrected chi connectivity index (χ3v) is 15.7. The van der Waals surface area contributed by atoms with Crippen molar-refractivity contribution in [1.82, 2.24) is 0 Å². The van der Waals surface area contributed by atoms with Crippen molar-refractivity contribution >= 4 is 17.9 Å². The average Bonchev–Trinajstić information content (AvgIpc) is 3.31. The molecule has 0 aromatic heterocycles. The zero-order valence-electron chi connectivity index (χ0n) is 27.7. The highest BCUT2D eigenvalue weighted by molar-refractivity contribution is 5.81. The third-order valence-electron chi connectivity index (χ3n) is 15.7. The molecule has 6 fully saturated rings. The molecule has 0 heterocycles. The molecule has 240 valence electrons. The highest BCUT2D eigenvalue weighted by Gasteiger charge is 2.69. The Morgan fingerprint density at radius 1 is 0.744 bits per heavy atom. The first kappa shape index (κ1) is 31.1. The molecule has 0 aromatic rings. The van der Waals surface area contributed by atoms with E-state index in [-0.39, 0.29) is 40.2 Å². The minimum absolute atomic E-state index is 0.152. The number of hydrogen-bond donors (Lipinski definition) is 2. The van der Waals surface area contributed by atoms with Gasteiger partial charge in [-0.3, -0.25) is 14.4 Å². The first-order valence-electron chi connectivity index (χ1n) is 17.2. The quantitative estimate of drug-likeness (QED) is 0.246. The second kappa shape index (κ2) is 9.82. The average molecular weight is 597 g/mol. The number of allylic oxidation sites excluding steroid dienone is 1. The molecule has 0 spiro atoms. The van der Waals surface area contributed by atoms with Gasteiger partial charge in [-0.05, 0) is 129 Å². The Morgan fingerprint density at radius 3 is 2.00 bits per heavy atom. The van der Waals surface area contributed by atoms with Gasteiger partial charge in [-0.2, -0.15) is 0 Å². The van der Waals surface area contributed by atoms with Crippen molar-refractivity contribution in [2.45, 2.75) is 125 Å². The van der Waals surface area contributed by atoms with E-state index in [4.69, 9.17) is 4.74 Å². The van der Waals surface area contributed by atoms with Crippen LogP contribution < -0.4 is 0 Å². The molecule has 6 aliphatic carbocycles. The molecule has 0 amide bonds. The van der Waals surface area contributed by atoms with E-state index < -0.39 is 28.7 Å². The summed E-state index contributed by atoms with van der Waals surface area (Å²) in [5.41, 5.74) is 0.209. The van der Waals surface area contributed by atoms with Gasteiger partial charge < -0.3 is 14.9 Å². The van der Waals surface area contributed by atoms with Gasteiger partial charge in [0.2, 0.25) is 0 Å². The number of hydrogen-bond acceptors (Lipinski definition) is 4. The Morgan fingerprint density at radius 2 is 1.40 bits per heavy atom. The SMILES string of the molecule is C=C(C)[C@@H]1CCC2(C(=O)O)CCC3C(CCC4[C@@]3(C)CCC3C(C)(C)[C@@H](OC(=O)C5C[C@H](C(=O)O)C5(C)C)CC[C@@]34C)C12. The summed E-state index contributed by atoms with van der Waals surface area (Å²) in [6.45, 7) is 20.0. The van der Waals surface area contributed by atoms with E-state index in [1.54, 1.807) is 0 Å². The zero-order chi connectivity index (χ0) is 31.5. The van der Waals surface area contributed by atoms with Gasteiger partial charge in [-0.25, -0.2) is 0 Å². The lowest BCUT2D eigenvalue weighted by molar-refractivity contribution is -0.228. The molecule has 6 nitrogen and oxygen atoms in total. The summed E-state index contributed by atoms with van der Waals surface area (Å²) in [6.07, 6.45) is 10.3. The molecule has 6 aliphatic rings. The summed E-state index contributed by atoms with van der Waals surface area (Å²) in [4.78, 5) is 37.9. The maximum absolute atomic E-state index is 13.4. The predicted octanol–water partition coefficient (Wildman–Crippen LogP) is 8.00. The van der Waals surface area contributed by atoms with Crippen molar-refractivity contribution in [2.24, 2.45) is 74.4 Å². The number of carboxylic acids is 2. The van der Waals surface area contributed by atoms with E-state index in [0.29, 0.717) is 36.0 Å². The van der Waals surface area contributed by atoms with E-state index in [9.17, 15) is 24.6 Å². The zero-order valence-corrected chi connectivity index (χ0v) is 27.7. The molecule has 0 saturated heterocycles. The molecular weight excluding hydrogens is 540 g/mol. The molecule has 0 aliphatic heterocycles. The van der Waals surface area contributed by atoms with Gasteiger partial charge in [0.15, 0.2) is 0 Å². The maximum Gasteiger partial charge on any atom is 0.309 e. The number of esters is 1. The number of carbonyl (C=O) groups is 3. The van der Waals surface area contributed by atoms with Gasteiger partial charge in [-0.15, -0.1) is 0 Å². The van der Waals surface area contributed by atoms with Gasteiger partial charge in [0.1, 0.15) is 6.10 Å². The van der Waals surface area contributed by atoms with Crippen LogP contribution in [-0.4, -0.2) is 34.2 Å². The third kappa shape index (κ3) is 4.12. The first-order valence-corrected chi connectivity index (χ1v) is 17.2. The number of carbonyl (C=O) groups excluding carboxylic acids is 1. The van der Waals surface area contributed by atoms with Gasteiger partial charge in [0.05, 0.1) is 17.3 Å². The van der Waals surface area contributed by atoms with Crippen LogP contribution in [0.2, 0.25) is 0 Å². The van der Waals surface area contributed by atoms with Crippen molar-refractivity contribution in [3.8, 4) is 0 Å². The molecule has 6 rings (SSSR count). The maximum atomic E-state index is 13.4. The molecule has 12 atom stereocenters. The standard InChI is InChI=1S/C37H56O6/c1-20(2)21-11-17-37(32(41)42)18-12-23-22(29(21)37)9-10-27-35(23,7)15-13-26-34(5,6)28(14-16-36(26,27)8)43-31(40)25-19-24(30(38)39)33(25,3)4/h21-29H,1,9-19H2,2-8H3,(H,38,39)(H,41,42)/t21-,22?,23?,24+,25?,26?,27?,28-,29?,35-,36-,37?/m0/s1. The van der Waals surface area contributed by atoms with Crippen LogP contribution in [-0.2, 0) is 19.1 Å². The summed E-state index contributed by atoms with van der Waals surface area (Å²) < 4.78 is 6.33. The largest absolute Gasteiger partial charge is 0.481 e. The van der Waals surface area contributed by atoms with Crippen molar-refractivity contribution in [3.63, 3.8) is 0 Å². The van der Waals surface area contributed by atoms with Crippen LogP contribution >= 0.6 is 0 Å². The second-order valence-electron chi connectivity index (χ2n) is 17.8. The van der Waals surface area contributed by atoms with Crippen molar-refractivity contribution < 1.29 is 29.3 Å². The van der Waals surface area contributed by atoms with Crippen molar-refractivity contribution in [3.05, 3.63) is 12.2 Å². The summed E-state index contributed by atoms with van der Waals surface area (Å²) in [5, 5.41) is 20.1. The molecular formula is C37H56O6. The fourth-order valence-corrected chi connectivity index (χ4v) is 13.3. The van der Waals surface area contributed by atoms with Gasteiger partial charge in [-0.1, -0.05) is 53.7 Å². The number of ether oxygens (including phenoxy) is 1. The molecule has 6 heteroatoms. The minimum Gasteiger partial charge on any atom is -0.481 e. The monoisotopic (exact) mass is 596 g/mol. The topological polar surface area (TPSA) is 101 Å². The van der Waals surface area contributed by atoms with Crippen molar-refractivity contribution in [1.29, 1.82) is 0 Å². The number of aliphatic carboxylic acids is 2. The lowest BCUT2D eigenvalue weighted by Gasteiger charge is -2.69. The van der Waals surface area contributed by atoms with E-state index in [1.165, 1.54) is 5.57 Å². The molecule has 0 aromatic carbocycles. The Hall–Kier alpha value is -1.85. The molecule has 2 N–H and O–H groups in total. The van der Waals surface area contributed by atoms with Crippen LogP contribution in [0.1, 0.15) is 119 Å². The summed E-state index contributed by atoms with van der Waals surface area (Å²) in [5.74, 6) is 0.137. The predicted molar refractivity (Wildman–Crippen MR) is 165 cm³/mol. The Kier molecular flexibility index (Phi) is 7.12. The van der Waals surface area contributed by atoms with Crippen LogP contribution in [0.3, 0.4) is 0 Å². The van der Waals surface area contributed by atoms with Crippen LogP contribution in [0.5, 0.6) is 0 Å².